The van der Waals surface area contributed by atoms with Crippen molar-refractivity contribution in [2.75, 3.05) is 6.61 Å². The first kappa shape index (κ1) is 15.8. The summed E-state index contributed by atoms with van der Waals surface area (Å²) in [6.07, 6.45) is 1.87. The third-order valence-corrected chi connectivity index (χ3v) is 4.20. The number of aliphatic hydroxyl groups is 1. The van der Waals surface area contributed by atoms with Gasteiger partial charge < -0.3 is 5.11 Å². The summed E-state index contributed by atoms with van der Waals surface area (Å²) in [7, 11) is 0. The van der Waals surface area contributed by atoms with Gasteiger partial charge in [0.1, 0.15) is 0 Å². The lowest BCUT2D eigenvalue weighted by Crippen LogP contribution is -2.13. The fourth-order valence-corrected chi connectivity index (χ4v) is 2.72. The van der Waals surface area contributed by atoms with E-state index in [1.54, 1.807) is 0 Å². The summed E-state index contributed by atoms with van der Waals surface area (Å²) in [6, 6.07) is 17.3. The molecule has 0 amide bonds. The van der Waals surface area contributed by atoms with Gasteiger partial charge in [-0.3, -0.25) is 0 Å². The predicted octanol–water partition coefficient (Wildman–Crippen LogP) is 4.51. The molecule has 0 spiro atoms. The van der Waals surface area contributed by atoms with E-state index in [0.29, 0.717) is 5.92 Å². The summed E-state index contributed by atoms with van der Waals surface area (Å²) in [5, 5.41) is 9.68. The van der Waals surface area contributed by atoms with Gasteiger partial charge in [-0.2, -0.15) is 0 Å². The normalized spacial score (nSPS) is 12.6. The quantitative estimate of drug-likeness (QED) is 0.826. The van der Waals surface area contributed by atoms with Crippen LogP contribution in [0, 0.1) is 12.8 Å². The molecule has 0 radical (unpaired) electrons. The summed E-state index contributed by atoms with van der Waals surface area (Å²) in [5.41, 5.74) is 5.34. The van der Waals surface area contributed by atoms with Crippen LogP contribution in [0.2, 0.25) is 0 Å². The molecule has 21 heavy (non-hydrogen) atoms. The first-order valence-corrected chi connectivity index (χ1v) is 7.84. The smallest absolute Gasteiger partial charge is 0.0465 e. The minimum Gasteiger partial charge on any atom is -0.396 e. The Labute approximate surface area is 128 Å². The molecule has 2 aromatic rings. The Kier molecular flexibility index (Phi) is 5.58. The highest BCUT2D eigenvalue weighted by molar-refractivity contribution is 5.28. The summed E-state index contributed by atoms with van der Waals surface area (Å²) in [6.45, 7) is 6.80. The first-order valence-electron chi connectivity index (χ1n) is 7.84. The van der Waals surface area contributed by atoms with Gasteiger partial charge in [-0.15, -0.1) is 0 Å². The van der Waals surface area contributed by atoms with Gasteiger partial charge in [0, 0.05) is 6.61 Å². The van der Waals surface area contributed by atoms with Crippen LogP contribution < -0.4 is 0 Å². The fraction of sp³-hybridized carbons (Fsp3) is 0.400. The molecule has 0 bridgehead atoms. The van der Waals surface area contributed by atoms with Gasteiger partial charge in [0.05, 0.1) is 0 Å². The van der Waals surface area contributed by atoms with Gasteiger partial charge in [0.15, 0.2) is 0 Å². The highest BCUT2D eigenvalue weighted by Crippen LogP contribution is 2.19. The van der Waals surface area contributed by atoms with Crippen LogP contribution in [0.5, 0.6) is 0 Å². The van der Waals surface area contributed by atoms with Crippen LogP contribution in [-0.2, 0) is 12.8 Å². The molecule has 0 saturated heterocycles. The molecular weight excluding hydrogens is 256 g/mol. The zero-order valence-corrected chi connectivity index (χ0v) is 13.3. The zero-order chi connectivity index (χ0) is 15.2. The molecule has 1 nitrogen and oxygen atoms in total. The first-order chi connectivity index (χ1) is 10.1. The van der Waals surface area contributed by atoms with E-state index in [4.69, 9.17) is 0 Å². The van der Waals surface area contributed by atoms with Gasteiger partial charge >= 0.3 is 0 Å². The predicted molar refractivity (Wildman–Crippen MR) is 89.7 cm³/mol. The maximum atomic E-state index is 9.68. The highest BCUT2D eigenvalue weighted by atomic mass is 16.3. The molecule has 1 atom stereocenters. The Hall–Kier alpha value is -1.60. The van der Waals surface area contributed by atoms with E-state index in [0.717, 1.165) is 12.8 Å². The van der Waals surface area contributed by atoms with Crippen molar-refractivity contribution in [2.45, 2.75) is 39.5 Å². The zero-order valence-electron chi connectivity index (χ0n) is 13.3. The van der Waals surface area contributed by atoms with Gasteiger partial charge in [-0.05, 0) is 53.9 Å². The molecule has 0 aliphatic carbocycles. The number of hydrogen-bond acceptors (Lipinski definition) is 1. The Balaban J connectivity index is 2.03. The maximum Gasteiger partial charge on any atom is 0.0465 e. The van der Waals surface area contributed by atoms with Crippen LogP contribution in [0.1, 0.15) is 42.0 Å². The summed E-state index contributed by atoms with van der Waals surface area (Å²) in [4.78, 5) is 0. The fourth-order valence-electron chi connectivity index (χ4n) is 2.72. The van der Waals surface area contributed by atoms with Crippen molar-refractivity contribution in [2.24, 2.45) is 5.92 Å². The van der Waals surface area contributed by atoms with Crippen LogP contribution in [0.15, 0.2) is 48.5 Å². The van der Waals surface area contributed by atoms with Crippen LogP contribution in [0.4, 0.5) is 0 Å². The maximum absolute atomic E-state index is 9.68. The molecule has 1 heteroatoms. The van der Waals surface area contributed by atoms with Crippen molar-refractivity contribution in [1.82, 2.24) is 0 Å². The van der Waals surface area contributed by atoms with Gasteiger partial charge in [0.2, 0.25) is 0 Å². The lowest BCUT2D eigenvalue weighted by Gasteiger charge is -2.16. The number of aliphatic hydroxyl groups excluding tert-OH is 1. The standard InChI is InChI=1S/C20H26O/c1-15(2)19-10-8-17(9-11-19)12-18(14-21)13-20-7-5-4-6-16(20)3/h4-11,15,18,21H,12-14H2,1-3H3. The van der Waals surface area contributed by atoms with Crippen molar-refractivity contribution in [3.8, 4) is 0 Å². The third kappa shape index (κ3) is 4.44. The molecule has 2 aromatic carbocycles. The van der Waals surface area contributed by atoms with E-state index in [2.05, 4.69) is 69.3 Å². The van der Waals surface area contributed by atoms with Crippen molar-refractivity contribution in [3.63, 3.8) is 0 Å². The van der Waals surface area contributed by atoms with Crippen molar-refractivity contribution in [1.29, 1.82) is 0 Å². The Bertz CT molecular complexity index is 554. The van der Waals surface area contributed by atoms with Gasteiger partial charge in [0.25, 0.3) is 0 Å². The molecule has 0 aromatic heterocycles. The molecule has 112 valence electrons. The molecule has 1 N–H and O–H groups in total. The largest absolute Gasteiger partial charge is 0.396 e. The summed E-state index contributed by atoms with van der Waals surface area (Å²) in [5.74, 6) is 0.857. The SMILES string of the molecule is Cc1ccccc1CC(CO)Cc1ccc(C(C)C)cc1. The van der Waals surface area contributed by atoms with Gasteiger partial charge in [-0.1, -0.05) is 62.4 Å². The number of hydrogen-bond donors (Lipinski definition) is 1. The van der Waals surface area contributed by atoms with Crippen LogP contribution in [0.3, 0.4) is 0 Å². The van der Waals surface area contributed by atoms with E-state index in [9.17, 15) is 5.11 Å². The second kappa shape index (κ2) is 7.42. The number of rotatable bonds is 6. The summed E-state index contributed by atoms with van der Waals surface area (Å²) < 4.78 is 0. The van der Waals surface area contributed by atoms with Crippen molar-refractivity contribution in [3.05, 3.63) is 70.8 Å². The van der Waals surface area contributed by atoms with E-state index in [1.807, 2.05) is 0 Å². The summed E-state index contributed by atoms with van der Waals surface area (Å²) >= 11 is 0. The Morgan fingerprint density at radius 3 is 2.14 bits per heavy atom. The van der Waals surface area contributed by atoms with E-state index in [1.165, 1.54) is 22.3 Å². The van der Waals surface area contributed by atoms with E-state index >= 15 is 0 Å². The highest BCUT2D eigenvalue weighted by Gasteiger charge is 2.11. The molecule has 2 rings (SSSR count). The average molecular weight is 282 g/mol. The number of benzene rings is 2. The topological polar surface area (TPSA) is 20.2 Å². The van der Waals surface area contributed by atoms with Crippen molar-refractivity contribution >= 4 is 0 Å². The van der Waals surface area contributed by atoms with E-state index in [-0.39, 0.29) is 12.5 Å². The lowest BCUT2D eigenvalue weighted by atomic mass is 9.90. The molecular formula is C20H26O. The molecule has 0 aliphatic rings. The minimum absolute atomic E-state index is 0.236. The molecule has 0 aliphatic heterocycles. The average Bonchev–Trinajstić information content (AvgIpc) is 2.49. The molecule has 0 fully saturated rings. The Morgan fingerprint density at radius 2 is 1.57 bits per heavy atom. The minimum atomic E-state index is 0.236. The van der Waals surface area contributed by atoms with Crippen LogP contribution in [-0.4, -0.2) is 11.7 Å². The van der Waals surface area contributed by atoms with Crippen molar-refractivity contribution < 1.29 is 5.11 Å². The molecule has 0 saturated carbocycles. The second-order valence-corrected chi connectivity index (χ2v) is 6.28. The third-order valence-electron chi connectivity index (χ3n) is 4.20. The molecule has 1 unspecified atom stereocenters. The van der Waals surface area contributed by atoms with E-state index < -0.39 is 0 Å². The lowest BCUT2D eigenvalue weighted by molar-refractivity contribution is 0.225. The van der Waals surface area contributed by atoms with Crippen LogP contribution >= 0.6 is 0 Å². The van der Waals surface area contributed by atoms with Crippen LogP contribution in [0.25, 0.3) is 0 Å². The monoisotopic (exact) mass is 282 g/mol. The van der Waals surface area contributed by atoms with Gasteiger partial charge in [-0.25, -0.2) is 0 Å². The number of aryl methyl sites for hydroxylation is 1. The second-order valence-electron chi connectivity index (χ2n) is 6.28. The molecule has 0 heterocycles. The Morgan fingerprint density at radius 1 is 0.905 bits per heavy atom.